The van der Waals surface area contributed by atoms with E-state index in [0.29, 0.717) is 37.4 Å². The number of ether oxygens (including phenoxy) is 1. The summed E-state index contributed by atoms with van der Waals surface area (Å²) >= 11 is 0. The van der Waals surface area contributed by atoms with Gasteiger partial charge < -0.3 is 15.2 Å². The van der Waals surface area contributed by atoms with Gasteiger partial charge in [-0.05, 0) is 29.7 Å². The number of benzene rings is 3. The van der Waals surface area contributed by atoms with Crippen LogP contribution in [0.5, 0.6) is 5.75 Å². The quantitative estimate of drug-likeness (QED) is 0.481. The molecule has 5 nitrogen and oxygen atoms in total. The lowest BCUT2D eigenvalue weighted by Crippen LogP contribution is -2.34. The average molecular weight is 419 g/mol. The fraction of sp³-hybridized carbons (Fsp3) is 0.269. The summed E-state index contributed by atoms with van der Waals surface area (Å²) in [5, 5.41) is 12.4. The monoisotopic (exact) mass is 418 g/mol. The normalized spacial score (nSPS) is 11.0. The highest BCUT2D eigenvalue weighted by Gasteiger charge is 2.22. The highest BCUT2D eigenvalue weighted by molar-refractivity contribution is 5.92. The van der Waals surface area contributed by atoms with Gasteiger partial charge in [0.1, 0.15) is 5.75 Å². The summed E-state index contributed by atoms with van der Waals surface area (Å²) in [7, 11) is 1.59. The third kappa shape index (κ3) is 6.41. The second-order valence-corrected chi connectivity index (χ2v) is 7.34. The number of rotatable bonds is 11. The van der Waals surface area contributed by atoms with Crippen LogP contribution in [0.4, 0.5) is 5.69 Å². The second kappa shape index (κ2) is 11.9. The first-order valence-corrected chi connectivity index (χ1v) is 10.6. The number of aliphatic hydroxyl groups excluding tert-OH is 1. The predicted octanol–water partition coefficient (Wildman–Crippen LogP) is 4.50. The molecule has 31 heavy (non-hydrogen) atoms. The number of carbonyl (C=O) groups excluding carboxylic acids is 1. The fourth-order valence-electron chi connectivity index (χ4n) is 3.73. The Bertz CT molecular complexity index is 892. The molecule has 0 saturated heterocycles. The van der Waals surface area contributed by atoms with Gasteiger partial charge in [-0.25, -0.2) is 0 Å². The van der Waals surface area contributed by atoms with Crippen LogP contribution in [0.15, 0.2) is 84.9 Å². The Hall–Kier alpha value is -3.15. The number of anilines is 1. The van der Waals surface area contributed by atoms with Crippen LogP contribution in [-0.2, 0) is 4.79 Å². The zero-order valence-corrected chi connectivity index (χ0v) is 17.9. The highest BCUT2D eigenvalue weighted by Crippen LogP contribution is 2.29. The first-order chi connectivity index (χ1) is 15.2. The van der Waals surface area contributed by atoms with Crippen LogP contribution in [0.3, 0.4) is 0 Å². The molecule has 0 heterocycles. The van der Waals surface area contributed by atoms with Gasteiger partial charge >= 0.3 is 0 Å². The topological polar surface area (TPSA) is 61.8 Å². The maximum atomic E-state index is 12.7. The zero-order chi connectivity index (χ0) is 21.9. The molecule has 2 N–H and O–H groups in total. The molecule has 0 saturated carbocycles. The van der Waals surface area contributed by atoms with E-state index < -0.39 is 0 Å². The van der Waals surface area contributed by atoms with Crippen LogP contribution in [0.25, 0.3) is 0 Å². The summed E-state index contributed by atoms with van der Waals surface area (Å²) in [5.74, 6) is 0.567. The molecule has 0 bridgehead atoms. The number of para-hydroxylation sites is 2. The predicted molar refractivity (Wildman–Crippen MR) is 124 cm³/mol. The van der Waals surface area contributed by atoms with Gasteiger partial charge in [-0.1, -0.05) is 72.8 Å². The molecule has 0 atom stereocenters. The van der Waals surface area contributed by atoms with Crippen LogP contribution in [0.1, 0.15) is 30.0 Å². The average Bonchev–Trinajstić information content (AvgIpc) is 2.82. The molecule has 0 fully saturated rings. The van der Waals surface area contributed by atoms with Crippen molar-refractivity contribution < 1.29 is 14.6 Å². The lowest BCUT2D eigenvalue weighted by molar-refractivity contribution is -0.116. The van der Waals surface area contributed by atoms with Crippen molar-refractivity contribution in [1.29, 1.82) is 0 Å². The summed E-state index contributed by atoms with van der Waals surface area (Å²) in [6, 6.07) is 28.0. The van der Waals surface area contributed by atoms with Crippen molar-refractivity contribution in [3.8, 4) is 5.75 Å². The van der Waals surface area contributed by atoms with Gasteiger partial charge in [0.25, 0.3) is 0 Å². The maximum absolute atomic E-state index is 12.7. The number of methoxy groups -OCH3 is 1. The van der Waals surface area contributed by atoms with Crippen molar-refractivity contribution in [3.05, 3.63) is 96.1 Å². The molecule has 0 aliphatic heterocycles. The number of aliphatic hydroxyl groups is 1. The van der Waals surface area contributed by atoms with E-state index in [2.05, 4.69) is 34.5 Å². The summed E-state index contributed by atoms with van der Waals surface area (Å²) in [4.78, 5) is 15.0. The molecule has 1 amide bonds. The molecule has 0 unspecified atom stereocenters. The van der Waals surface area contributed by atoms with Crippen LogP contribution < -0.4 is 10.1 Å². The summed E-state index contributed by atoms with van der Waals surface area (Å²) in [5.41, 5.74) is 2.99. The van der Waals surface area contributed by atoms with Crippen molar-refractivity contribution in [1.82, 2.24) is 4.90 Å². The third-order valence-corrected chi connectivity index (χ3v) is 5.21. The Morgan fingerprint density at radius 1 is 0.903 bits per heavy atom. The first kappa shape index (κ1) is 22.5. The Labute approximate surface area is 184 Å². The SMILES string of the molecule is COc1ccccc1NC(=O)CCN(CCCO)C(c1ccccc1)c1ccccc1. The Morgan fingerprint density at radius 2 is 1.48 bits per heavy atom. The number of hydrogen-bond acceptors (Lipinski definition) is 4. The number of nitrogens with zero attached hydrogens (tertiary/aromatic N) is 1. The summed E-state index contributed by atoms with van der Waals surface area (Å²) in [6.45, 7) is 1.36. The number of carbonyl (C=O) groups is 1. The zero-order valence-electron chi connectivity index (χ0n) is 17.9. The van der Waals surface area contributed by atoms with Crippen LogP contribution in [-0.4, -0.2) is 42.7 Å². The number of hydrogen-bond donors (Lipinski definition) is 2. The fourth-order valence-corrected chi connectivity index (χ4v) is 3.73. The lowest BCUT2D eigenvalue weighted by Gasteiger charge is -2.32. The first-order valence-electron chi connectivity index (χ1n) is 10.6. The maximum Gasteiger partial charge on any atom is 0.225 e. The Kier molecular flexibility index (Phi) is 8.64. The van der Waals surface area contributed by atoms with Crippen LogP contribution >= 0.6 is 0 Å². The largest absolute Gasteiger partial charge is 0.495 e. The molecule has 3 aromatic rings. The van der Waals surface area contributed by atoms with Crippen molar-refractivity contribution in [2.24, 2.45) is 0 Å². The molecule has 0 aliphatic rings. The van der Waals surface area contributed by atoms with E-state index in [4.69, 9.17) is 4.74 Å². The van der Waals surface area contributed by atoms with E-state index in [1.807, 2.05) is 60.7 Å². The van der Waals surface area contributed by atoms with Gasteiger partial charge in [-0.3, -0.25) is 9.69 Å². The van der Waals surface area contributed by atoms with Gasteiger partial charge in [0.2, 0.25) is 5.91 Å². The van der Waals surface area contributed by atoms with Gasteiger partial charge in [0, 0.05) is 26.1 Å². The van der Waals surface area contributed by atoms with E-state index in [-0.39, 0.29) is 18.6 Å². The lowest BCUT2D eigenvalue weighted by atomic mass is 9.96. The Morgan fingerprint density at radius 3 is 2.06 bits per heavy atom. The van der Waals surface area contributed by atoms with Gasteiger partial charge in [0.15, 0.2) is 0 Å². The van der Waals surface area contributed by atoms with Crippen molar-refractivity contribution in [2.45, 2.75) is 18.9 Å². The van der Waals surface area contributed by atoms with Gasteiger partial charge in [-0.15, -0.1) is 0 Å². The van der Waals surface area contributed by atoms with Gasteiger partial charge in [-0.2, -0.15) is 0 Å². The standard InChI is InChI=1S/C26H30N2O3/c1-31-24-16-9-8-15-23(24)27-25(30)17-19-28(18-10-20-29)26(21-11-4-2-5-12-21)22-13-6-3-7-14-22/h2-9,11-16,26,29H,10,17-20H2,1H3,(H,27,30). The van der Waals surface area contributed by atoms with Crippen molar-refractivity contribution in [2.75, 3.05) is 32.1 Å². The molecule has 0 spiro atoms. The molecule has 0 aliphatic carbocycles. The van der Waals surface area contributed by atoms with E-state index in [9.17, 15) is 9.90 Å². The third-order valence-electron chi connectivity index (χ3n) is 5.21. The molecular weight excluding hydrogens is 388 g/mol. The smallest absolute Gasteiger partial charge is 0.225 e. The van der Waals surface area contributed by atoms with E-state index in [0.717, 1.165) is 11.1 Å². The number of amides is 1. The van der Waals surface area contributed by atoms with Crippen LogP contribution in [0.2, 0.25) is 0 Å². The molecular formula is C26H30N2O3. The van der Waals surface area contributed by atoms with Crippen molar-refractivity contribution >= 4 is 11.6 Å². The number of nitrogens with one attached hydrogen (secondary N) is 1. The second-order valence-electron chi connectivity index (χ2n) is 7.34. The highest BCUT2D eigenvalue weighted by atomic mass is 16.5. The minimum Gasteiger partial charge on any atom is -0.495 e. The van der Waals surface area contributed by atoms with E-state index in [1.54, 1.807) is 7.11 Å². The minimum absolute atomic E-state index is 0.00742. The summed E-state index contributed by atoms with van der Waals surface area (Å²) in [6.07, 6.45) is 0.976. The molecule has 0 aromatic heterocycles. The molecule has 3 aromatic carbocycles. The van der Waals surface area contributed by atoms with Gasteiger partial charge in [0.05, 0.1) is 18.8 Å². The van der Waals surface area contributed by atoms with E-state index >= 15 is 0 Å². The van der Waals surface area contributed by atoms with Crippen molar-refractivity contribution in [3.63, 3.8) is 0 Å². The van der Waals surface area contributed by atoms with E-state index in [1.165, 1.54) is 0 Å². The molecule has 5 heteroatoms. The molecule has 3 rings (SSSR count). The molecule has 0 radical (unpaired) electrons. The molecule has 162 valence electrons. The summed E-state index contributed by atoms with van der Waals surface area (Å²) < 4.78 is 5.33. The Balaban J connectivity index is 1.78. The van der Waals surface area contributed by atoms with Crippen LogP contribution in [0, 0.1) is 0 Å². The minimum atomic E-state index is -0.0710.